The lowest BCUT2D eigenvalue weighted by Crippen LogP contribution is -2.51. The molecule has 122 valence electrons. The van der Waals surface area contributed by atoms with Crippen molar-refractivity contribution in [3.05, 3.63) is 35.0 Å². The highest BCUT2D eigenvalue weighted by atomic mass is 16.5. The second kappa shape index (κ2) is 5.70. The molecule has 2 N–H and O–H groups in total. The summed E-state index contributed by atoms with van der Waals surface area (Å²) in [5.41, 5.74) is 3.52. The molecule has 6 nitrogen and oxygen atoms in total. The Labute approximate surface area is 134 Å². The fourth-order valence-electron chi connectivity index (χ4n) is 3.08. The molecule has 0 radical (unpaired) electrons. The minimum absolute atomic E-state index is 0.0631. The van der Waals surface area contributed by atoms with Gasteiger partial charge in [0.05, 0.1) is 23.7 Å². The molecule has 2 atom stereocenters. The summed E-state index contributed by atoms with van der Waals surface area (Å²) in [6, 6.07) is 5.61. The van der Waals surface area contributed by atoms with E-state index < -0.39 is 12.1 Å². The maximum atomic E-state index is 12.9. The number of carboxylic acid groups (broad SMARTS) is 1. The Balaban J connectivity index is 1.97. The normalized spacial score (nSPS) is 21.6. The number of aromatic amines is 1. The van der Waals surface area contributed by atoms with Crippen molar-refractivity contribution in [3.63, 3.8) is 0 Å². The molecule has 3 rings (SSSR count). The highest BCUT2D eigenvalue weighted by Crippen LogP contribution is 2.26. The number of aliphatic carboxylic acids is 1. The number of rotatable bonds is 2. The lowest BCUT2D eigenvalue weighted by Gasteiger charge is -2.35. The van der Waals surface area contributed by atoms with Gasteiger partial charge in [-0.25, -0.2) is 4.79 Å². The first-order chi connectivity index (χ1) is 10.9. The first-order valence-corrected chi connectivity index (χ1v) is 7.64. The van der Waals surface area contributed by atoms with Crippen LogP contribution in [0.3, 0.4) is 0 Å². The van der Waals surface area contributed by atoms with Crippen LogP contribution in [0.25, 0.3) is 10.9 Å². The number of morpholine rings is 1. The van der Waals surface area contributed by atoms with E-state index in [1.165, 1.54) is 0 Å². The molecular weight excluding hydrogens is 296 g/mol. The topological polar surface area (TPSA) is 82.6 Å². The Morgan fingerprint density at radius 3 is 2.74 bits per heavy atom. The number of H-pyrrole nitrogens is 1. The first kappa shape index (κ1) is 15.6. The number of hydrogen-bond acceptors (Lipinski definition) is 3. The Hall–Kier alpha value is -2.34. The zero-order valence-electron chi connectivity index (χ0n) is 13.4. The number of para-hydroxylation sites is 1. The average Bonchev–Trinajstić information content (AvgIpc) is 2.81. The van der Waals surface area contributed by atoms with E-state index in [1.54, 1.807) is 17.9 Å². The molecule has 2 heterocycles. The molecule has 0 saturated carbocycles. The van der Waals surface area contributed by atoms with E-state index in [0.29, 0.717) is 12.1 Å². The fraction of sp³-hybridized carbons (Fsp3) is 0.412. The monoisotopic (exact) mass is 316 g/mol. The third kappa shape index (κ3) is 2.70. The van der Waals surface area contributed by atoms with Crippen LogP contribution in [-0.4, -0.2) is 52.2 Å². The number of aryl methyl sites for hydroxylation is 2. The molecule has 6 heteroatoms. The molecule has 0 aliphatic carbocycles. The van der Waals surface area contributed by atoms with Crippen molar-refractivity contribution in [2.75, 3.05) is 13.1 Å². The van der Waals surface area contributed by atoms with Crippen molar-refractivity contribution in [1.82, 2.24) is 9.88 Å². The van der Waals surface area contributed by atoms with E-state index in [-0.39, 0.29) is 18.6 Å². The SMILES string of the molecule is Cc1[nH]c2c(C(=O)N3CC(C(=O)O)O[C@H](C)C3)cccc2c1C. The Morgan fingerprint density at radius 2 is 2.04 bits per heavy atom. The van der Waals surface area contributed by atoms with E-state index in [0.717, 1.165) is 22.2 Å². The molecule has 0 spiro atoms. The third-order valence-corrected chi connectivity index (χ3v) is 4.40. The van der Waals surface area contributed by atoms with Crippen LogP contribution in [0.15, 0.2) is 18.2 Å². The second-order valence-electron chi connectivity index (χ2n) is 6.09. The van der Waals surface area contributed by atoms with Gasteiger partial charge in [0.15, 0.2) is 6.10 Å². The van der Waals surface area contributed by atoms with Crippen LogP contribution in [0.1, 0.15) is 28.5 Å². The molecule has 1 amide bonds. The number of nitrogens with zero attached hydrogens (tertiary/aromatic N) is 1. The van der Waals surface area contributed by atoms with Gasteiger partial charge in [-0.15, -0.1) is 0 Å². The van der Waals surface area contributed by atoms with E-state index in [9.17, 15) is 9.59 Å². The predicted octanol–water partition coefficient (Wildman–Crippen LogP) is 2.10. The number of nitrogens with one attached hydrogen (secondary N) is 1. The number of ether oxygens (including phenoxy) is 1. The van der Waals surface area contributed by atoms with Gasteiger partial charge in [-0.2, -0.15) is 0 Å². The summed E-state index contributed by atoms with van der Waals surface area (Å²) in [7, 11) is 0. The summed E-state index contributed by atoms with van der Waals surface area (Å²) in [5, 5.41) is 10.2. The van der Waals surface area contributed by atoms with Gasteiger partial charge in [-0.05, 0) is 32.4 Å². The number of amides is 1. The molecule has 23 heavy (non-hydrogen) atoms. The van der Waals surface area contributed by atoms with Gasteiger partial charge in [0.25, 0.3) is 5.91 Å². The number of carbonyl (C=O) groups excluding carboxylic acids is 1. The average molecular weight is 316 g/mol. The van der Waals surface area contributed by atoms with Crippen molar-refractivity contribution in [3.8, 4) is 0 Å². The molecule has 2 aromatic rings. The molecule has 1 aromatic heterocycles. The van der Waals surface area contributed by atoms with Crippen LogP contribution in [0, 0.1) is 13.8 Å². The highest BCUT2D eigenvalue weighted by molar-refractivity contribution is 6.06. The molecular formula is C17H20N2O4. The maximum absolute atomic E-state index is 12.9. The van der Waals surface area contributed by atoms with Gasteiger partial charge < -0.3 is 19.7 Å². The molecule has 1 saturated heterocycles. The fourth-order valence-corrected chi connectivity index (χ4v) is 3.08. The van der Waals surface area contributed by atoms with Gasteiger partial charge >= 0.3 is 5.97 Å². The summed E-state index contributed by atoms with van der Waals surface area (Å²) in [5.74, 6) is -1.21. The Bertz CT molecular complexity index is 780. The molecule has 1 fully saturated rings. The molecule has 1 unspecified atom stereocenters. The number of fused-ring (bicyclic) bond motifs is 1. The van der Waals surface area contributed by atoms with Crippen molar-refractivity contribution < 1.29 is 19.4 Å². The lowest BCUT2D eigenvalue weighted by atomic mass is 10.1. The minimum Gasteiger partial charge on any atom is -0.479 e. The third-order valence-electron chi connectivity index (χ3n) is 4.40. The van der Waals surface area contributed by atoms with Gasteiger partial charge in [0.1, 0.15) is 0 Å². The Kier molecular flexibility index (Phi) is 3.85. The van der Waals surface area contributed by atoms with Gasteiger partial charge in [0.2, 0.25) is 0 Å². The summed E-state index contributed by atoms with van der Waals surface area (Å²) in [4.78, 5) is 28.9. The highest BCUT2D eigenvalue weighted by Gasteiger charge is 2.33. The van der Waals surface area contributed by atoms with Crippen molar-refractivity contribution in [2.45, 2.75) is 33.0 Å². The number of carbonyl (C=O) groups is 2. The van der Waals surface area contributed by atoms with Gasteiger partial charge in [0, 0.05) is 17.6 Å². The number of benzene rings is 1. The van der Waals surface area contributed by atoms with Crippen LogP contribution in [-0.2, 0) is 9.53 Å². The molecule has 1 aliphatic rings. The van der Waals surface area contributed by atoms with Gasteiger partial charge in [-0.1, -0.05) is 12.1 Å². The maximum Gasteiger partial charge on any atom is 0.334 e. The molecule has 1 aromatic carbocycles. The number of aromatic nitrogens is 1. The number of carboxylic acids is 1. The predicted molar refractivity (Wildman–Crippen MR) is 85.6 cm³/mol. The number of hydrogen-bond donors (Lipinski definition) is 2. The smallest absolute Gasteiger partial charge is 0.334 e. The van der Waals surface area contributed by atoms with Crippen LogP contribution in [0.4, 0.5) is 0 Å². The van der Waals surface area contributed by atoms with E-state index in [4.69, 9.17) is 9.84 Å². The van der Waals surface area contributed by atoms with E-state index in [1.807, 2.05) is 26.0 Å². The summed E-state index contributed by atoms with van der Waals surface area (Å²) < 4.78 is 5.37. The Morgan fingerprint density at radius 1 is 1.30 bits per heavy atom. The quantitative estimate of drug-likeness (QED) is 0.889. The van der Waals surface area contributed by atoms with Crippen LogP contribution in [0.2, 0.25) is 0 Å². The van der Waals surface area contributed by atoms with Crippen molar-refractivity contribution in [1.29, 1.82) is 0 Å². The van der Waals surface area contributed by atoms with Crippen LogP contribution < -0.4 is 0 Å². The zero-order valence-corrected chi connectivity index (χ0v) is 13.4. The lowest BCUT2D eigenvalue weighted by molar-refractivity contribution is -0.160. The van der Waals surface area contributed by atoms with Crippen molar-refractivity contribution in [2.24, 2.45) is 0 Å². The standard InChI is InChI=1S/C17H20N2O4/c1-9-7-19(8-14(23-9)17(21)22)16(20)13-6-4-5-12-10(2)11(3)18-15(12)13/h4-6,9,14,18H,7-8H2,1-3H3,(H,21,22)/t9-,14?/m1/s1. The molecule has 1 aliphatic heterocycles. The van der Waals surface area contributed by atoms with E-state index >= 15 is 0 Å². The van der Waals surface area contributed by atoms with Crippen molar-refractivity contribution >= 4 is 22.8 Å². The summed E-state index contributed by atoms with van der Waals surface area (Å²) in [6.07, 6.45) is -1.28. The minimum atomic E-state index is -1.04. The molecule has 0 bridgehead atoms. The second-order valence-corrected chi connectivity index (χ2v) is 6.09. The zero-order chi connectivity index (χ0) is 16.7. The van der Waals surface area contributed by atoms with Crippen LogP contribution >= 0.6 is 0 Å². The summed E-state index contributed by atoms with van der Waals surface area (Å²) >= 11 is 0. The largest absolute Gasteiger partial charge is 0.479 e. The summed E-state index contributed by atoms with van der Waals surface area (Å²) in [6.45, 7) is 6.21. The first-order valence-electron chi connectivity index (χ1n) is 7.64. The van der Waals surface area contributed by atoms with Gasteiger partial charge in [-0.3, -0.25) is 4.79 Å². The van der Waals surface area contributed by atoms with E-state index in [2.05, 4.69) is 4.98 Å². The van der Waals surface area contributed by atoms with Crippen LogP contribution in [0.5, 0.6) is 0 Å².